The molecule has 33 heavy (non-hydrogen) atoms. The quantitative estimate of drug-likeness (QED) is 0.438. The Morgan fingerprint density at radius 2 is 1.94 bits per heavy atom. The van der Waals surface area contributed by atoms with E-state index in [1.807, 2.05) is 62.0 Å². The summed E-state index contributed by atoms with van der Waals surface area (Å²) in [4.78, 5) is 17.6. The maximum absolute atomic E-state index is 13.2. The zero-order valence-electron chi connectivity index (χ0n) is 19.0. The molecule has 0 spiro atoms. The van der Waals surface area contributed by atoms with Crippen LogP contribution in [0.1, 0.15) is 44.8 Å². The van der Waals surface area contributed by atoms with E-state index >= 15 is 0 Å². The molecule has 2 aromatic carbocycles. The van der Waals surface area contributed by atoms with Crippen molar-refractivity contribution in [3.63, 3.8) is 0 Å². The number of hydrogen-bond donors (Lipinski definition) is 1. The number of ether oxygens (including phenoxy) is 2. The number of methoxy groups -OCH3 is 1. The van der Waals surface area contributed by atoms with Crippen LogP contribution in [0.15, 0.2) is 65.4 Å². The standard InChI is InChI=1S/C25H26N4O4/c1-16-22(17(2)33-28-16)15-32-21-7-5-6-19(14-21)25(30)27-23(24-26-12-13-29(24)3)18-8-10-20(31-4)11-9-18/h5-14,23H,15H2,1-4H3,(H,27,30). The van der Waals surface area contributed by atoms with Gasteiger partial charge in [-0.25, -0.2) is 4.98 Å². The summed E-state index contributed by atoms with van der Waals surface area (Å²) in [7, 11) is 3.52. The molecule has 2 aromatic heterocycles. The van der Waals surface area contributed by atoms with E-state index in [1.165, 1.54) is 0 Å². The smallest absolute Gasteiger partial charge is 0.252 e. The highest BCUT2D eigenvalue weighted by atomic mass is 16.5. The Morgan fingerprint density at radius 1 is 1.15 bits per heavy atom. The van der Waals surface area contributed by atoms with Gasteiger partial charge in [-0.1, -0.05) is 23.4 Å². The largest absolute Gasteiger partial charge is 0.497 e. The van der Waals surface area contributed by atoms with Crippen molar-refractivity contribution >= 4 is 5.91 Å². The Morgan fingerprint density at radius 3 is 2.58 bits per heavy atom. The summed E-state index contributed by atoms with van der Waals surface area (Å²) in [5.41, 5.74) is 3.07. The Kier molecular flexibility index (Phi) is 6.44. The van der Waals surface area contributed by atoms with E-state index < -0.39 is 6.04 Å². The molecule has 0 saturated heterocycles. The molecular formula is C25H26N4O4. The first-order valence-electron chi connectivity index (χ1n) is 10.5. The van der Waals surface area contributed by atoms with Gasteiger partial charge in [0.05, 0.1) is 18.4 Å². The Labute approximate surface area is 192 Å². The molecular weight excluding hydrogens is 420 g/mol. The maximum Gasteiger partial charge on any atom is 0.252 e. The number of benzene rings is 2. The number of aromatic nitrogens is 3. The van der Waals surface area contributed by atoms with Crippen molar-refractivity contribution in [3.05, 3.63) is 94.9 Å². The molecule has 8 nitrogen and oxygen atoms in total. The lowest BCUT2D eigenvalue weighted by molar-refractivity contribution is 0.0940. The minimum absolute atomic E-state index is 0.235. The summed E-state index contributed by atoms with van der Waals surface area (Å²) in [6, 6.07) is 14.2. The van der Waals surface area contributed by atoms with E-state index in [9.17, 15) is 4.79 Å². The van der Waals surface area contributed by atoms with Crippen molar-refractivity contribution in [2.45, 2.75) is 26.5 Å². The highest BCUT2D eigenvalue weighted by molar-refractivity contribution is 5.95. The van der Waals surface area contributed by atoms with Gasteiger partial charge in [0, 0.05) is 25.0 Å². The van der Waals surface area contributed by atoms with Crippen LogP contribution in [0.4, 0.5) is 0 Å². The first kappa shape index (κ1) is 22.1. The lowest BCUT2D eigenvalue weighted by Gasteiger charge is -2.20. The van der Waals surface area contributed by atoms with Crippen LogP contribution in [0, 0.1) is 13.8 Å². The van der Waals surface area contributed by atoms with Crippen LogP contribution < -0.4 is 14.8 Å². The van der Waals surface area contributed by atoms with Gasteiger partial charge in [0.2, 0.25) is 0 Å². The predicted octanol–water partition coefficient (Wildman–Crippen LogP) is 4.13. The Balaban J connectivity index is 1.54. The van der Waals surface area contributed by atoms with E-state index in [0.29, 0.717) is 17.9 Å². The molecule has 1 N–H and O–H groups in total. The molecule has 1 amide bonds. The molecule has 0 aliphatic heterocycles. The van der Waals surface area contributed by atoms with Crippen molar-refractivity contribution in [2.24, 2.45) is 7.05 Å². The monoisotopic (exact) mass is 446 g/mol. The third-order valence-corrected chi connectivity index (χ3v) is 5.50. The number of nitrogens with zero attached hydrogens (tertiary/aromatic N) is 3. The molecule has 4 rings (SSSR count). The van der Waals surface area contributed by atoms with Gasteiger partial charge < -0.3 is 23.9 Å². The Bertz CT molecular complexity index is 1220. The van der Waals surface area contributed by atoms with E-state index in [2.05, 4.69) is 15.5 Å². The molecule has 0 radical (unpaired) electrons. The molecule has 170 valence electrons. The minimum atomic E-state index is -0.435. The summed E-state index contributed by atoms with van der Waals surface area (Å²) in [5.74, 6) is 2.53. The lowest BCUT2D eigenvalue weighted by Crippen LogP contribution is -2.31. The molecule has 0 aliphatic carbocycles. The Hall–Kier alpha value is -4.07. The van der Waals surface area contributed by atoms with Crippen molar-refractivity contribution in [2.75, 3.05) is 7.11 Å². The number of rotatable bonds is 8. The number of hydrogen-bond acceptors (Lipinski definition) is 6. The van der Waals surface area contributed by atoms with Gasteiger partial charge in [-0.15, -0.1) is 0 Å². The van der Waals surface area contributed by atoms with Crippen LogP contribution in [0.3, 0.4) is 0 Å². The average Bonchev–Trinajstić information content (AvgIpc) is 3.40. The summed E-state index contributed by atoms with van der Waals surface area (Å²) in [6.07, 6.45) is 3.56. The van der Waals surface area contributed by atoms with Gasteiger partial charge >= 0.3 is 0 Å². The van der Waals surface area contributed by atoms with E-state index in [-0.39, 0.29) is 5.91 Å². The fourth-order valence-corrected chi connectivity index (χ4v) is 3.55. The zero-order valence-corrected chi connectivity index (χ0v) is 19.0. The van der Waals surface area contributed by atoms with Crippen LogP contribution >= 0.6 is 0 Å². The van der Waals surface area contributed by atoms with Gasteiger partial charge in [-0.05, 0) is 49.7 Å². The van der Waals surface area contributed by atoms with Crippen molar-refractivity contribution in [3.8, 4) is 11.5 Å². The molecule has 0 aliphatic rings. The fourth-order valence-electron chi connectivity index (χ4n) is 3.55. The van der Waals surface area contributed by atoms with Crippen LogP contribution in [-0.2, 0) is 13.7 Å². The van der Waals surface area contributed by atoms with Gasteiger partial charge in [0.15, 0.2) is 0 Å². The maximum atomic E-state index is 13.2. The van der Waals surface area contributed by atoms with Gasteiger partial charge in [-0.3, -0.25) is 4.79 Å². The van der Waals surface area contributed by atoms with Gasteiger partial charge in [-0.2, -0.15) is 0 Å². The number of nitrogens with one attached hydrogen (secondary N) is 1. The fraction of sp³-hybridized carbons (Fsp3) is 0.240. The molecule has 2 heterocycles. The third-order valence-electron chi connectivity index (χ3n) is 5.50. The third kappa shape index (κ3) is 4.90. The number of aryl methyl sites for hydroxylation is 3. The molecule has 0 bridgehead atoms. The summed E-state index contributed by atoms with van der Waals surface area (Å²) in [6.45, 7) is 4.03. The van der Waals surface area contributed by atoms with E-state index in [1.54, 1.807) is 31.5 Å². The van der Waals surface area contributed by atoms with Gasteiger partial charge in [0.1, 0.15) is 35.7 Å². The molecule has 8 heteroatoms. The average molecular weight is 447 g/mol. The number of carbonyl (C=O) groups is 1. The highest BCUT2D eigenvalue weighted by Crippen LogP contribution is 2.24. The first-order chi connectivity index (χ1) is 16.0. The molecule has 1 unspecified atom stereocenters. The molecule has 4 aromatic rings. The minimum Gasteiger partial charge on any atom is -0.497 e. The second-order valence-corrected chi connectivity index (χ2v) is 7.70. The zero-order chi connectivity index (χ0) is 23.4. The van der Waals surface area contributed by atoms with E-state index in [0.717, 1.165) is 34.2 Å². The van der Waals surface area contributed by atoms with E-state index in [4.69, 9.17) is 14.0 Å². The molecule has 0 fully saturated rings. The lowest BCUT2D eigenvalue weighted by atomic mass is 10.0. The van der Waals surface area contributed by atoms with Crippen molar-refractivity contribution in [1.29, 1.82) is 0 Å². The molecule has 1 atom stereocenters. The summed E-state index contributed by atoms with van der Waals surface area (Å²) < 4.78 is 18.2. The second kappa shape index (κ2) is 9.60. The van der Waals surface area contributed by atoms with Crippen molar-refractivity contribution < 1.29 is 18.8 Å². The van der Waals surface area contributed by atoms with Crippen LogP contribution in [0.5, 0.6) is 11.5 Å². The topological polar surface area (TPSA) is 91.4 Å². The summed E-state index contributed by atoms with van der Waals surface area (Å²) >= 11 is 0. The molecule has 0 saturated carbocycles. The second-order valence-electron chi connectivity index (χ2n) is 7.70. The van der Waals surface area contributed by atoms with Gasteiger partial charge in [0.25, 0.3) is 5.91 Å². The number of amides is 1. The first-order valence-corrected chi connectivity index (χ1v) is 10.5. The number of imidazole rings is 1. The van der Waals surface area contributed by atoms with Crippen LogP contribution in [0.25, 0.3) is 0 Å². The summed E-state index contributed by atoms with van der Waals surface area (Å²) in [5, 5.41) is 7.04. The number of carbonyl (C=O) groups excluding carboxylic acids is 1. The normalized spacial score (nSPS) is 11.8. The SMILES string of the molecule is COc1ccc(C(NC(=O)c2cccc(OCc3c(C)noc3C)c2)c2nccn2C)cc1. The van der Waals surface area contributed by atoms with Crippen molar-refractivity contribution in [1.82, 2.24) is 20.0 Å². The van der Waals surface area contributed by atoms with Crippen LogP contribution in [-0.4, -0.2) is 27.7 Å². The predicted molar refractivity (Wildman–Crippen MR) is 122 cm³/mol. The van der Waals surface area contributed by atoms with Crippen LogP contribution in [0.2, 0.25) is 0 Å². The highest BCUT2D eigenvalue weighted by Gasteiger charge is 2.22.